The molecule has 1 rings (SSSR count). The zero-order valence-electron chi connectivity index (χ0n) is 11.1. The molecule has 1 aromatic rings. The van der Waals surface area contributed by atoms with E-state index in [2.05, 4.69) is 21.2 Å². The summed E-state index contributed by atoms with van der Waals surface area (Å²) < 4.78 is 0. The molecular weight excluding hydrogens is 312 g/mol. The lowest BCUT2D eigenvalue weighted by molar-refractivity contribution is -0.385. The summed E-state index contributed by atoms with van der Waals surface area (Å²) in [4.78, 5) is 22.9. The second-order valence-corrected chi connectivity index (χ2v) is 6.18. The maximum atomic E-state index is 12.2. The molecule has 5 nitrogen and oxygen atoms in total. The minimum Gasteiger partial charge on any atom is -0.349 e. The van der Waals surface area contributed by atoms with Crippen LogP contribution in [0.15, 0.2) is 18.2 Å². The van der Waals surface area contributed by atoms with Crippen LogP contribution in [0.3, 0.4) is 0 Å². The fraction of sp³-hybridized carbons (Fsp3) is 0.462. The summed E-state index contributed by atoms with van der Waals surface area (Å²) in [6, 6.07) is 4.56. The summed E-state index contributed by atoms with van der Waals surface area (Å²) in [6.45, 7) is 5.55. The predicted molar refractivity (Wildman–Crippen MR) is 77.8 cm³/mol. The molecule has 0 aliphatic rings. The van der Waals surface area contributed by atoms with Crippen molar-refractivity contribution in [3.63, 3.8) is 0 Å². The van der Waals surface area contributed by atoms with Crippen LogP contribution in [0.2, 0.25) is 0 Å². The largest absolute Gasteiger partial charge is 0.349 e. The van der Waals surface area contributed by atoms with Crippen LogP contribution in [0.25, 0.3) is 0 Å². The number of nitro groups is 1. The molecular formula is C13H17BrN2O3. The van der Waals surface area contributed by atoms with Crippen LogP contribution in [0.1, 0.15) is 36.2 Å². The number of amides is 1. The van der Waals surface area contributed by atoms with E-state index in [4.69, 9.17) is 0 Å². The normalized spacial score (nSPS) is 13.7. The average molecular weight is 329 g/mol. The standard InChI is InChI=1S/C13H17BrN2O3/c1-8-5-4-6-11(16(18)19)12(8)13(17)15-10(3)7-9(2)14/h4-6,9-10H,7H2,1-3H3,(H,15,17). The summed E-state index contributed by atoms with van der Waals surface area (Å²) >= 11 is 3.41. The second-order valence-electron chi connectivity index (χ2n) is 4.62. The molecule has 0 fully saturated rings. The molecule has 0 spiro atoms. The number of carbonyl (C=O) groups is 1. The molecule has 0 bridgehead atoms. The molecule has 0 radical (unpaired) electrons. The number of alkyl halides is 1. The summed E-state index contributed by atoms with van der Waals surface area (Å²) in [5.41, 5.74) is 0.587. The summed E-state index contributed by atoms with van der Waals surface area (Å²) in [5.74, 6) is -0.398. The van der Waals surface area contributed by atoms with E-state index in [0.717, 1.165) is 6.42 Å². The highest BCUT2D eigenvalue weighted by Crippen LogP contribution is 2.22. The van der Waals surface area contributed by atoms with Crippen LogP contribution in [0, 0.1) is 17.0 Å². The lowest BCUT2D eigenvalue weighted by Crippen LogP contribution is -2.34. The van der Waals surface area contributed by atoms with E-state index in [-0.39, 0.29) is 22.1 Å². The fourth-order valence-corrected chi connectivity index (χ4v) is 2.50. The molecule has 2 unspecified atom stereocenters. The first-order valence-corrected chi connectivity index (χ1v) is 6.93. The third-order valence-corrected chi connectivity index (χ3v) is 3.10. The highest BCUT2D eigenvalue weighted by molar-refractivity contribution is 9.09. The number of rotatable bonds is 5. The zero-order valence-corrected chi connectivity index (χ0v) is 12.7. The van der Waals surface area contributed by atoms with Gasteiger partial charge in [0.15, 0.2) is 0 Å². The Morgan fingerprint density at radius 2 is 2.11 bits per heavy atom. The van der Waals surface area contributed by atoms with Crippen molar-refractivity contribution in [2.24, 2.45) is 0 Å². The van der Waals surface area contributed by atoms with Crippen molar-refractivity contribution in [1.29, 1.82) is 0 Å². The van der Waals surface area contributed by atoms with Crippen LogP contribution >= 0.6 is 15.9 Å². The SMILES string of the molecule is Cc1cccc([N+](=O)[O-])c1C(=O)NC(C)CC(C)Br. The van der Waals surface area contributed by atoms with Crippen LogP contribution in [-0.4, -0.2) is 21.7 Å². The maximum absolute atomic E-state index is 12.2. The molecule has 6 heteroatoms. The van der Waals surface area contributed by atoms with Crippen molar-refractivity contribution in [3.8, 4) is 0 Å². The molecule has 1 amide bonds. The highest BCUT2D eigenvalue weighted by atomic mass is 79.9. The monoisotopic (exact) mass is 328 g/mol. The van der Waals surface area contributed by atoms with Crippen molar-refractivity contribution in [2.75, 3.05) is 0 Å². The van der Waals surface area contributed by atoms with Gasteiger partial charge in [-0.05, 0) is 25.8 Å². The Bertz CT molecular complexity index is 489. The minimum atomic E-state index is -0.528. The first-order chi connectivity index (χ1) is 8.82. The van der Waals surface area contributed by atoms with E-state index >= 15 is 0 Å². The molecule has 0 aromatic heterocycles. The summed E-state index contributed by atoms with van der Waals surface area (Å²) in [5, 5.41) is 13.8. The predicted octanol–water partition coefficient (Wildman–Crippen LogP) is 3.20. The van der Waals surface area contributed by atoms with Crippen molar-refractivity contribution < 1.29 is 9.72 Å². The Kier molecular flexibility index (Phi) is 5.47. The molecule has 0 heterocycles. The first-order valence-electron chi connectivity index (χ1n) is 6.01. The van der Waals surface area contributed by atoms with Gasteiger partial charge in [-0.25, -0.2) is 0 Å². The molecule has 0 saturated carbocycles. The van der Waals surface area contributed by atoms with E-state index in [1.54, 1.807) is 19.1 Å². The topological polar surface area (TPSA) is 72.2 Å². The van der Waals surface area contributed by atoms with Crippen LogP contribution in [0.4, 0.5) is 5.69 Å². The molecule has 0 saturated heterocycles. The Balaban J connectivity index is 2.96. The Labute approximate surface area is 120 Å². The van der Waals surface area contributed by atoms with Gasteiger partial charge in [0.1, 0.15) is 5.56 Å². The average Bonchev–Trinajstić information content (AvgIpc) is 2.26. The third-order valence-electron chi connectivity index (χ3n) is 2.73. The summed E-state index contributed by atoms with van der Waals surface area (Å²) in [6.07, 6.45) is 0.755. The maximum Gasteiger partial charge on any atom is 0.282 e. The molecule has 1 N–H and O–H groups in total. The molecule has 2 atom stereocenters. The van der Waals surface area contributed by atoms with Gasteiger partial charge < -0.3 is 5.32 Å². The lowest BCUT2D eigenvalue weighted by atomic mass is 10.1. The first kappa shape index (κ1) is 15.6. The van der Waals surface area contributed by atoms with Crippen LogP contribution in [-0.2, 0) is 0 Å². The molecule has 1 aromatic carbocycles. The van der Waals surface area contributed by atoms with Gasteiger partial charge in [-0.2, -0.15) is 0 Å². The Morgan fingerprint density at radius 3 is 2.63 bits per heavy atom. The molecule has 104 valence electrons. The van der Waals surface area contributed by atoms with Gasteiger partial charge in [-0.3, -0.25) is 14.9 Å². The molecule has 0 aliphatic carbocycles. The van der Waals surface area contributed by atoms with Gasteiger partial charge in [0.25, 0.3) is 11.6 Å². The second kappa shape index (κ2) is 6.65. The zero-order chi connectivity index (χ0) is 14.6. The van der Waals surface area contributed by atoms with Gasteiger partial charge in [-0.15, -0.1) is 0 Å². The molecule has 0 aliphatic heterocycles. The lowest BCUT2D eigenvalue weighted by Gasteiger charge is -2.16. The Morgan fingerprint density at radius 1 is 1.47 bits per heavy atom. The third kappa shape index (κ3) is 4.31. The number of nitro benzene ring substituents is 1. The minimum absolute atomic E-state index is 0.0546. The Hall–Kier alpha value is -1.43. The van der Waals surface area contributed by atoms with Gasteiger partial charge in [-0.1, -0.05) is 35.0 Å². The fourth-order valence-electron chi connectivity index (χ4n) is 1.94. The van der Waals surface area contributed by atoms with Gasteiger partial charge in [0, 0.05) is 16.9 Å². The van der Waals surface area contributed by atoms with Crippen LogP contribution < -0.4 is 5.32 Å². The van der Waals surface area contributed by atoms with E-state index in [9.17, 15) is 14.9 Å². The van der Waals surface area contributed by atoms with Crippen molar-refractivity contribution in [3.05, 3.63) is 39.4 Å². The molecule has 19 heavy (non-hydrogen) atoms. The number of benzene rings is 1. The van der Waals surface area contributed by atoms with Crippen molar-refractivity contribution in [1.82, 2.24) is 5.32 Å². The van der Waals surface area contributed by atoms with E-state index < -0.39 is 10.8 Å². The number of nitrogens with zero attached hydrogens (tertiary/aromatic N) is 1. The summed E-state index contributed by atoms with van der Waals surface area (Å²) in [7, 11) is 0. The number of hydrogen-bond donors (Lipinski definition) is 1. The number of aryl methyl sites for hydroxylation is 1. The number of hydrogen-bond acceptors (Lipinski definition) is 3. The van der Waals surface area contributed by atoms with Crippen molar-refractivity contribution in [2.45, 2.75) is 38.1 Å². The van der Waals surface area contributed by atoms with E-state index in [1.807, 2.05) is 13.8 Å². The van der Waals surface area contributed by atoms with E-state index in [0.29, 0.717) is 5.56 Å². The van der Waals surface area contributed by atoms with Gasteiger partial charge in [0.2, 0.25) is 0 Å². The smallest absolute Gasteiger partial charge is 0.282 e. The van der Waals surface area contributed by atoms with E-state index in [1.165, 1.54) is 6.07 Å². The number of carbonyl (C=O) groups excluding carboxylic acids is 1. The van der Waals surface area contributed by atoms with Gasteiger partial charge >= 0.3 is 0 Å². The van der Waals surface area contributed by atoms with Gasteiger partial charge in [0.05, 0.1) is 4.92 Å². The van der Waals surface area contributed by atoms with Crippen LogP contribution in [0.5, 0.6) is 0 Å². The number of halogens is 1. The number of nitrogens with one attached hydrogen (secondary N) is 1. The van der Waals surface area contributed by atoms with Crippen molar-refractivity contribution >= 4 is 27.5 Å². The quantitative estimate of drug-likeness (QED) is 0.512. The highest BCUT2D eigenvalue weighted by Gasteiger charge is 2.23.